The number of alkyl halides is 4. The minimum atomic E-state index is -3.23. The summed E-state index contributed by atoms with van der Waals surface area (Å²) in [5, 5.41) is 3.49. The summed E-state index contributed by atoms with van der Waals surface area (Å²) < 4.78 is 47.7. The van der Waals surface area contributed by atoms with Gasteiger partial charge in [0.05, 0.1) is 0 Å². The molecule has 0 bridgehead atoms. The molecule has 9 heteroatoms. The zero-order chi connectivity index (χ0) is 13.7. The predicted octanol–water partition coefficient (Wildman–Crippen LogP) is 1.49. The van der Waals surface area contributed by atoms with Crippen LogP contribution in [0.3, 0.4) is 0 Å². The maximum absolute atomic E-state index is 11.9. The summed E-state index contributed by atoms with van der Waals surface area (Å²) in [4.78, 5) is 24.8. The summed E-state index contributed by atoms with van der Waals surface area (Å²) >= 11 is 0. The number of hydrogen-bond donors (Lipinski definition) is 2. The molecule has 0 radical (unpaired) electrons. The highest BCUT2D eigenvalue weighted by Gasteiger charge is 2.17. The minimum absolute atomic E-state index is 0.285. The largest absolute Gasteiger partial charge is 0.315 e. The molecule has 2 N–H and O–H groups in total. The molecule has 0 aliphatic rings. The van der Waals surface area contributed by atoms with Gasteiger partial charge in [0.15, 0.2) is 0 Å². The number of pyridine rings is 1. The molecule has 0 aliphatic heterocycles. The fourth-order valence-electron chi connectivity index (χ4n) is 0.936. The molecule has 0 atom stereocenters. The van der Waals surface area contributed by atoms with E-state index in [1.54, 1.807) is 10.6 Å². The van der Waals surface area contributed by atoms with E-state index in [0.717, 1.165) is 12.1 Å². The second-order valence-electron chi connectivity index (χ2n) is 2.99. The third-order valence-corrected chi connectivity index (χ3v) is 1.65. The van der Waals surface area contributed by atoms with Crippen LogP contribution < -0.4 is 10.6 Å². The van der Waals surface area contributed by atoms with E-state index in [2.05, 4.69) is 4.98 Å². The molecular formula is C9H7F4N3O2. The Morgan fingerprint density at radius 3 is 1.67 bits per heavy atom. The van der Waals surface area contributed by atoms with Crippen molar-refractivity contribution >= 4 is 23.5 Å². The molecular weight excluding hydrogens is 258 g/mol. The molecule has 1 aromatic heterocycles. The average Bonchev–Trinajstić information content (AvgIpc) is 2.29. The van der Waals surface area contributed by atoms with E-state index in [9.17, 15) is 27.2 Å². The van der Waals surface area contributed by atoms with Crippen LogP contribution in [0.25, 0.3) is 0 Å². The number of amides is 2. The van der Waals surface area contributed by atoms with Gasteiger partial charge in [0, 0.05) is 0 Å². The Balaban J connectivity index is 2.74. The maximum Gasteiger partial charge on any atom is 0.315 e. The van der Waals surface area contributed by atoms with Gasteiger partial charge in [-0.05, 0) is 12.1 Å². The first-order valence-corrected chi connectivity index (χ1v) is 4.55. The van der Waals surface area contributed by atoms with Crippen LogP contribution in [0.4, 0.5) is 29.2 Å². The van der Waals surface area contributed by atoms with Crippen molar-refractivity contribution in [3.05, 3.63) is 18.2 Å². The first-order chi connectivity index (χ1) is 8.40. The second-order valence-corrected chi connectivity index (χ2v) is 2.99. The van der Waals surface area contributed by atoms with Crippen LogP contribution in [0.1, 0.15) is 0 Å². The molecule has 0 saturated heterocycles. The standard InChI is InChI=1S/C9H7F4N3O2/c10-6(11)8(17)15-4-2-1-3-5(14-4)16-9(18)7(12)13/h1-3,6-7H,(H2,14,15,16,17,18). The topological polar surface area (TPSA) is 71.1 Å². The molecule has 1 heterocycles. The normalized spacial score (nSPS) is 10.6. The third kappa shape index (κ3) is 4.00. The Kier molecular flexibility index (Phi) is 4.58. The first-order valence-electron chi connectivity index (χ1n) is 4.55. The number of halogens is 4. The van der Waals surface area contributed by atoms with Crippen LogP contribution in [0.15, 0.2) is 18.2 Å². The van der Waals surface area contributed by atoms with Crippen molar-refractivity contribution in [2.24, 2.45) is 0 Å². The van der Waals surface area contributed by atoms with Gasteiger partial charge < -0.3 is 10.6 Å². The van der Waals surface area contributed by atoms with Crippen molar-refractivity contribution in [3.8, 4) is 0 Å². The molecule has 0 aromatic carbocycles. The molecule has 0 unspecified atom stereocenters. The molecule has 2 amide bonds. The van der Waals surface area contributed by atoms with E-state index >= 15 is 0 Å². The van der Waals surface area contributed by atoms with Crippen molar-refractivity contribution < 1.29 is 27.2 Å². The quantitative estimate of drug-likeness (QED) is 0.810. The number of anilines is 2. The molecule has 0 fully saturated rings. The second kappa shape index (κ2) is 5.94. The molecule has 5 nitrogen and oxygen atoms in total. The summed E-state index contributed by atoms with van der Waals surface area (Å²) in [6, 6.07) is 3.58. The Hall–Kier alpha value is -2.19. The van der Waals surface area contributed by atoms with E-state index in [1.165, 1.54) is 6.07 Å². The zero-order valence-electron chi connectivity index (χ0n) is 8.66. The molecule has 98 valence electrons. The Morgan fingerprint density at radius 2 is 1.33 bits per heavy atom. The highest BCUT2D eigenvalue weighted by Crippen LogP contribution is 2.11. The number of carbonyl (C=O) groups excluding carboxylic acids is 2. The summed E-state index contributed by atoms with van der Waals surface area (Å²) in [5.41, 5.74) is 0. The van der Waals surface area contributed by atoms with Gasteiger partial charge in [-0.3, -0.25) is 9.59 Å². The maximum atomic E-state index is 11.9. The van der Waals surface area contributed by atoms with Crippen LogP contribution in [-0.4, -0.2) is 29.6 Å². The van der Waals surface area contributed by atoms with Gasteiger partial charge in [0.2, 0.25) is 0 Å². The number of carbonyl (C=O) groups is 2. The summed E-state index contributed by atoms with van der Waals surface area (Å²) in [5.74, 6) is -3.74. The molecule has 1 rings (SSSR count). The van der Waals surface area contributed by atoms with Crippen LogP contribution >= 0.6 is 0 Å². The minimum Gasteiger partial charge on any atom is -0.306 e. The molecule has 1 aromatic rings. The van der Waals surface area contributed by atoms with Crippen LogP contribution in [0, 0.1) is 0 Å². The average molecular weight is 265 g/mol. The summed E-state index contributed by atoms with van der Waals surface area (Å²) in [7, 11) is 0. The van der Waals surface area contributed by atoms with Crippen LogP contribution in [0.5, 0.6) is 0 Å². The lowest BCUT2D eigenvalue weighted by molar-refractivity contribution is -0.126. The SMILES string of the molecule is O=C(Nc1cccc(NC(=O)C(F)F)n1)C(F)F. The summed E-state index contributed by atoms with van der Waals surface area (Å²) in [6.07, 6.45) is -6.46. The first kappa shape index (κ1) is 13.9. The lowest BCUT2D eigenvalue weighted by Crippen LogP contribution is -2.23. The number of hydrogen-bond acceptors (Lipinski definition) is 3. The number of nitrogens with zero attached hydrogens (tertiary/aromatic N) is 1. The van der Waals surface area contributed by atoms with Crippen molar-refractivity contribution in [1.29, 1.82) is 0 Å². The number of aromatic nitrogens is 1. The van der Waals surface area contributed by atoms with Gasteiger partial charge in [-0.1, -0.05) is 6.07 Å². The van der Waals surface area contributed by atoms with E-state index in [4.69, 9.17) is 0 Å². The molecule has 0 saturated carbocycles. The number of rotatable bonds is 4. The van der Waals surface area contributed by atoms with E-state index < -0.39 is 24.7 Å². The highest BCUT2D eigenvalue weighted by atomic mass is 19.3. The van der Waals surface area contributed by atoms with E-state index in [1.807, 2.05) is 0 Å². The van der Waals surface area contributed by atoms with Gasteiger partial charge in [0.1, 0.15) is 11.6 Å². The number of nitrogens with one attached hydrogen (secondary N) is 2. The van der Waals surface area contributed by atoms with Crippen LogP contribution in [-0.2, 0) is 9.59 Å². The van der Waals surface area contributed by atoms with Gasteiger partial charge >= 0.3 is 12.9 Å². The molecule has 0 aliphatic carbocycles. The highest BCUT2D eigenvalue weighted by molar-refractivity contribution is 5.94. The third-order valence-electron chi connectivity index (χ3n) is 1.65. The summed E-state index contributed by atoms with van der Waals surface area (Å²) in [6.45, 7) is 0. The smallest absolute Gasteiger partial charge is 0.306 e. The zero-order valence-corrected chi connectivity index (χ0v) is 8.66. The van der Waals surface area contributed by atoms with Gasteiger partial charge in [-0.2, -0.15) is 17.6 Å². The van der Waals surface area contributed by atoms with Crippen molar-refractivity contribution in [1.82, 2.24) is 4.98 Å². The Labute approximate surface area is 98.2 Å². The van der Waals surface area contributed by atoms with Crippen molar-refractivity contribution in [2.45, 2.75) is 12.9 Å². The van der Waals surface area contributed by atoms with Crippen molar-refractivity contribution in [3.63, 3.8) is 0 Å². The van der Waals surface area contributed by atoms with Crippen molar-refractivity contribution in [2.75, 3.05) is 10.6 Å². The lowest BCUT2D eigenvalue weighted by Gasteiger charge is -2.06. The fourth-order valence-corrected chi connectivity index (χ4v) is 0.936. The van der Waals surface area contributed by atoms with Gasteiger partial charge in [-0.15, -0.1) is 0 Å². The molecule has 18 heavy (non-hydrogen) atoms. The molecule has 0 spiro atoms. The fraction of sp³-hybridized carbons (Fsp3) is 0.222. The van der Waals surface area contributed by atoms with E-state index in [0.29, 0.717) is 0 Å². The Morgan fingerprint density at radius 1 is 0.944 bits per heavy atom. The monoisotopic (exact) mass is 265 g/mol. The van der Waals surface area contributed by atoms with Gasteiger partial charge in [-0.25, -0.2) is 4.98 Å². The van der Waals surface area contributed by atoms with Crippen LogP contribution in [0.2, 0.25) is 0 Å². The van der Waals surface area contributed by atoms with E-state index in [-0.39, 0.29) is 11.6 Å². The Bertz CT molecular complexity index is 416. The predicted molar refractivity (Wildman–Crippen MR) is 53.5 cm³/mol. The lowest BCUT2D eigenvalue weighted by atomic mass is 10.4. The van der Waals surface area contributed by atoms with Gasteiger partial charge in [0.25, 0.3) is 11.8 Å².